The third kappa shape index (κ3) is 5.40. The van der Waals surface area contributed by atoms with Gasteiger partial charge in [0, 0.05) is 5.39 Å². The molecule has 198 valence electrons. The number of fused-ring (bicyclic) bond motifs is 1. The molecule has 0 spiro atoms. The maximum Gasteiger partial charge on any atom is 0.195 e. The van der Waals surface area contributed by atoms with Crippen LogP contribution in [-0.4, -0.2) is 0 Å². The zero-order valence-corrected chi connectivity index (χ0v) is 21.2. The van der Waals surface area contributed by atoms with Crippen LogP contribution in [0, 0.1) is 35.0 Å². The molecule has 0 aliphatic heterocycles. The van der Waals surface area contributed by atoms with Gasteiger partial charge in [-0.3, -0.25) is 0 Å². The first kappa shape index (κ1) is 26.2. The van der Waals surface area contributed by atoms with E-state index in [4.69, 9.17) is 4.74 Å². The van der Waals surface area contributed by atoms with Gasteiger partial charge in [-0.15, -0.1) is 0 Å². The van der Waals surface area contributed by atoms with Crippen LogP contribution in [0.1, 0.15) is 62.5 Å². The van der Waals surface area contributed by atoms with Crippen LogP contribution >= 0.6 is 0 Å². The van der Waals surface area contributed by atoms with E-state index in [1.54, 1.807) is 36.4 Å². The maximum absolute atomic E-state index is 14.8. The summed E-state index contributed by atoms with van der Waals surface area (Å²) in [4.78, 5) is 0. The normalized spacial score (nSPS) is 17.6. The average molecular weight is 525 g/mol. The van der Waals surface area contributed by atoms with E-state index in [0.717, 1.165) is 43.2 Å². The first-order valence-corrected chi connectivity index (χ1v) is 13.1. The van der Waals surface area contributed by atoms with Gasteiger partial charge in [0.05, 0.1) is 0 Å². The zero-order valence-electron chi connectivity index (χ0n) is 21.2. The molecule has 0 bridgehead atoms. The van der Waals surface area contributed by atoms with Crippen molar-refractivity contribution < 1.29 is 26.7 Å². The fraction of sp³-hybridized carbons (Fsp3) is 0.312. The van der Waals surface area contributed by atoms with Gasteiger partial charge in [0.15, 0.2) is 34.8 Å². The van der Waals surface area contributed by atoms with Crippen LogP contribution < -0.4 is 4.74 Å². The molecule has 0 radical (unpaired) electrons. The third-order valence-corrected chi connectivity index (χ3v) is 7.68. The van der Waals surface area contributed by atoms with E-state index in [-0.39, 0.29) is 29.0 Å². The van der Waals surface area contributed by atoms with Crippen molar-refractivity contribution in [2.45, 2.75) is 58.0 Å². The van der Waals surface area contributed by atoms with E-state index >= 15 is 0 Å². The molecule has 5 rings (SSSR count). The van der Waals surface area contributed by atoms with Crippen LogP contribution in [0.2, 0.25) is 0 Å². The second-order valence-corrected chi connectivity index (χ2v) is 10.2. The average Bonchev–Trinajstić information content (AvgIpc) is 2.92. The number of hydrogen-bond acceptors (Lipinski definition) is 1. The molecule has 1 saturated carbocycles. The van der Waals surface area contributed by atoms with Gasteiger partial charge in [0.2, 0.25) is 0 Å². The highest BCUT2D eigenvalue weighted by atomic mass is 19.2. The highest BCUT2D eigenvalue weighted by Gasteiger charge is 2.24. The highest BCUT2D eigenvalue weighted by molar-refractivity contribution is 5.88. The molecule has 38 heavy (non-hydrogen) atoms. The van der Waals surface area contributed by atoms with Gasteiger partial charge in [-0.25, -0.2) is 22.0 Å². The maximum atomic E-state index is 14.8. The van der Waals surface area contributed by atoms with E-state index in [9.17, 15) is 22.0 Å². The van der Waals surface area contributed by atoms with Crippen LogP contribution in [0.3, 0.4) is 0 Å². The van der Waals surface area contributed by atoms with Gasteiger partial charge in [0.1, 0.15) is 6.61 Å². The fourth-order valence-corrected chi connectivity index (χ4v) is 5.58. The molecule has 1 nitrogen and oxygen atoms in total. The Kier molecular flexibility index (Phi) is 7.68. The monoisotopic (exact) mass is 524 g/mol. The standard InChI is InChI=1S/C32H29F5O/c1-2-3-19-4-8-22(9-5-19)24-15-28(34)32(29(35)16-24)38-18-20-6-10-21(11-7-20)23-12-13-26-25(14-23)17-27(33)31(37)30(26)36/h6-7,10-17,19,22H,2-5,8-9,18H2,1H3. The quantitative estimate of drug-likeness (QED) is 0.173. The van der Waals surface area contributed by atoms with Crippen molar-refractivity contribution in [3.63, 3.8) is 0 Å². The van der Waals surface area contributed by atoms with Crippen LogP contribution in [0.15, 0.2) is 60.7 Å². The molecule has 0 amide bonds. The highest BCUT2D eigenvalue weighted by Crippen LogP contribution is 2.39. The molecule has 4 aromatic rings. The second-order valence-electron chi connectivity index (χ2n) is 10.2. The second kappa shape index (κ2) is 11.1. The largest absolute Gasteiger partial charge is 0.483 e. The molecule has 6 heteroatoms. The lowest BCUT2D eigenvalue weighted by Gasteiger charge is -2.28. The molecule has 1 aliphatic rings. The summed E-state index contributed by atoms with van der Waals surface area (Å²) in [6, 6.07) is 15.5. The minimum absolute atomic E-state index is 0.00286. The van der Waals surface area contributed by atoms with Crippen LogP contribution in [0.5, 0.6) is 5.75 Å². The van der Waals surface area contributed by atoms with Crippen molar-refractivity contribution in [1.29, 1.82) is 0 Å². The SMILES string of the molecule is CCCC1CCC(c2cc(F)c(OCc3ccc(-c4ccc5c(F)c(F)c(F)cc5c4)cc3)c(F)c2)CC1. The first-order chi connectivity index (χ1) is 18.3. The summed E-state index contributed by atoms with van der Waals surface area (Å²) >= 11 is 0. The Labute approximate surface area is 219 Å². The summed E-state index contributed by atoms with van der Waals surface area (Å²) in [7, 11) is 0. The van der Waals surface area contributed by atoms with Crippen molar-refractivity contribution >= 4 is 10.8 Å². The molecule has 1 fully saturated rings. The summed E-state index contributed by atoms with van der Waals surface area (Å²) in [6.45, 7) is 2.16. The Bertz CT molecular complexity index is 1420. The molecule has 0 unspecified atom stereocenters. The lowest BCUT2D eigenvalue weighted by atomic mass is 9.77. The summed E-state index contributed by atoms with van der Waals surface area (Å²) in [5, 5.41) is 0.242. The predicted molar refractivity (Wildman–Crippen MR) is 140 cm³/mol. The molecular weight excluding hydrogens is 495 g/mol. The Morgan fingerprint density at radius 3 is 2.03 bits per heavy atom. The molecular formula is C32H29F5O. The number of rotatable bonds is 7. The molecule has 1 aliphatic carbocycles. The van der Waals surface area contributed by atoms with Crippen LogP contribution in [-0.2, 0) is 6.61 Å². The van der Waals surface area contributed by atoms with E-state index in [2.05, 4.69) is 6.92 Å². The smallest absolute Gasteiger partial charge is 0.195 e. The Balaban J connectivity index is 1.26. The molecule has 0 N–H and O–H groups in total. The fourth-order valence-electron chi connectivity index (χ4n) is 5.58. The number of halogens is 5. The lowest BCUT2D eigenvalue weighted by molar-refractivity contribution is 0.272. The molecule has 0 atom stereocenters. The summed E-state index contributed by atoms with van der Waals surface area (Å²) in [5.74, 6) is -4.83. The number of ether oxygens (including phenoxy) is 1. The summed E-state index contributed by atoms with van der Waals surface area (Å²) in [6.07, 6.45) is 6.49. The van der Waals surface area contributed by atoms with Gasteiger partial charge < -0.3 is 4.74 Å². The van der Waals surface area contributed by atoms with Crippen molar-refractivity contribution in [2.24, 2.45) is 5.92 Å². The Hall–Kier alpha value is -3.41. The third-order valence-electron chi connectivity index (χ3n) is 7.68. The van der Waals surface area contributed by atoms with E-state index in [0.29, 0.717) is 16.7 Å². The minimum atomic E-state index is -1.49. The molecule has 0 heterocycles. The summed E-state index contributed by atoms with van der Waals surface area (Å²) in [5.41, 5.74) is 2.85. The predicted octanol–water partition coefficient (Wildman–Crippen LogP) is 9.86. The van der Waals surface area contributed by atoms with Crippen molar-refractivity contribution in [3.05, 3.63) is 101 Å². The van der Waals surface area contributed by atoms with Crippen molar-refractivity contribution in [2.75, 3.05) is 0 Å². The zero-order chi connectivity index (χ0) is 26.8. The van der Waals surface area contributed by atoms with Gasteiger partial charge in [0.25, 0.3) is 0 Å². The first-order valence-electron chi connectivity index (χ1n) is 13.1. The van der Waals surface area contributed by atoms with E-state index in [1.807, 2.05) is 0 Å². The van der Waals surface area contributed by atoms with E-state index in [1.165, 1.54) is 31.0 Å². The van der Waals surface area contributed by atoms with Gasteiger partial charge >= 0.3 is 0 Å². The van der Waals surface area contributed by atoms with E-state index < -0.39 is 29.1 Å². The summed E-state index contributed by atoms with van der Waals surface area (Å²) < 4.78 is 76.3. The number of hydrogen-bond donors (Lipinski definition) is 0. The van der Waals surface area contributed by atoms with Gasteiger partial charge in [-0.05, 0) is 89.4 Å². The van der Waals surface area contributed by atoms with Crippen molar-refractivity contribution in [1.82, 2.24) is 0 Å². The van der Waals surface area contributed by atoms with Crippen LogP contribution in [0.4, 0.5) is 22.0 Å². The number of benzene rings is 4. The molecule has 0 aromatic heterocycles. The Morgan fingerprint density at radius 2 is 1.37 bits per heavy atom. The van der Waals surface area contributed by atoms with Crippen LogP contribution in [0.25, 0.3) is 21.9 Å². The lowest BCUT2D eigenvalue weighted by Crippen LogP contribution is -2.14. The van der Waals surface area contributed by atoms with Gasteiger partial charge in [-0.1, -0.05) is 56.2 Å². The van der Waals surface area contributed by atoms with Crippen molar-refractivity contribution in [3.8, 4) is 16.9 Å². The Morgan fingerprint density at radius 1 is 0.711 bits per heavy atom. The minimum Gasteiger partial charge on any atom is -0.483 e. The van der Waals surface area contributed by atoms with Gasteiger partial charge in [-0.2, -0.15) is 0 Å². The molecule has 0 saturated heterocycles. The topological polar surface area (TPSA) is 9.23 Å². The molecule has 4 aromatic carbocycles.